The van der Waals surface area contributed by atoms with Crippen LogP contribution in [0.25, 0.3) is 22.1 Å². The summed E-state index contributed by atoms with van der Waals surface area (Å²) in [6, 6.07) is 27.6. The molecule has 4 aromatic carbocycles. The number of esters is 1. The van der Waals surface area contributed by atoms with Crippen LogP contribution in [0.3, 0.4) is 0 Å². The molecule has 0 aliphatic heterocycles. The number of carbonyl (C=O) groups is 1. The second-order valence-corrected chi connectivity index (χ2v) is 10.8. The Morgan fingerprint density at radius 3 is 2.15 bits per heavy atom. The lowest BCUT2D eigenvalue weighted by atomic mass is 10.00. The van der Waals surface area contributed by atoms with Crippen molar-refractivity contribution in [2.45, 2.75) is 24.8 Å². The number of carbonyl (C=O) groups excluding carboxylic acids is 1. The molecule has 5 rings (SSSR count). The number of hydrogen-bond donors (Lipinski definition) is 1. The average molecular weight is 540 g/mol. The van der Waals surface area contributed by atoms with E-state index in [9.17, 15) is 18.0 Å². The van der Waals surface area contributed by atoms with Gasteiger partial charge in [-0.3, -0.25) is 0 Å². The fourth-order valence-corrected chi connectivity index (χ4v) is 5.49. The molecule has 0 spiro atoms. The largest absolute Gasteiger partial charge is 0.425 e. The molecular weight excluding hydrogens is 514 g/mol. The lowest BCUT2D eigenvalue weighted by Gasteiger charge is -2.19. The zero-order valence-electron chi connectivity index (χ0n) is 21.3. The molecule has 0 saturated heterocycles. The summed E-state index contributed by atoms with van der Waals surface area (Å²) in [5.41, 5.74) is 3.02. The highest BCUT2D eigenvalue weighted by molar-refractivity contribution is 7.89. The summed E-state index contributed by atoms with van der Waals surface area (Å²) >= 11 is 0. The van der Waals surface area contributed by atoms with E-state index in [4.69, 9.17) is 9.15 Å². The monoisotopic (exact) mass is 539 g/mol. The van der Waals surface area contributed by atoms with Crippen LogP contribution in [-0.4, -0.2) is 14.4 Å². The number of nitrogens with one attached hydrogen (secondary N) is 1. The second kappa shape index (κ2) is 10.7. The van der Waals surface area contributed by atoms with Crippen LogP contribution in [0.15, 0.2) is 117 Å². The molecule has 5 aromatic rings. The van der Waals surface area contributed by atoms with Crippen molar-refractivity contribution in [2.24, 2.45) is 0 Å². The number of rotatable bonds is 7. The second-order valence-electron chi connectivity index (χ2n) is 9.11. The third-order valence-electron chi connectivity index (χ3n) is 6.38. The summed E-state index contributed by atoms with van der Waals surface area (Å²) in [4.78, 5) is 25.9. The van der Waals surface area contributed by atoms with Gasteiger partial charge in [-0.2, -0.15) is 4.72 Å². The molecule has 8 heteroatoms. The normalized spacial score (nSPS) is 12.3. The number of fused-ring (bicyclic) bond motifs is 1. The summed E-state index contributed by atoms with van der Waals surface area (Å²) in [6.07, 6.45) is 0. The standard InChI is InChI=1S/C31H25NO6S/c1-20-13-15-24(16-14-20)39(35,36)32-29(23-11-7-4-8-12-23)31(34)37-27-18-17-25-26(22-9-5-3-6-10-22)19-28(33)38-30(25)21(27)2/h3-19,29,32H,1-2H3/t29-/m0/s1. The zero-order valence-corrected chi connectivity index (χ0v) is 22.1. The summed E-state index contributed by atoms with van der Waals surface area (Å²) in [7, 11) is -4.06. The van der Waals surface area contributed by atoms with Crippen LogP contribution >= 0.6 is 0 Å². The van der Waals surface area contributed by atoms with Gasteiger partial charge in [0.25, 0.3) is 0 Å². The minimum atomic E-state index is -4.06. The van der Waals surface area contributed by atoms with Crippen molar-refractivity contribution in [1.82, 2.24) is 4.72 Å². The molecule has 7 nitrogen and oxygen atoms in total. The van der Waals surface area contributed by atoms with Crippen LogP contribution < -0.4 is 15.1 Å². The van der Waals surface area contributed by atoms with E-state index in [-0.39, 0.29) is 16.2 Å². The Hall–Kier alpha value is -4.53. The van der Waals surface area contributed by atoms with Crippen molar-refractivity contribution in [3.8, 4) is 16.9 Å². The van der Waals surface area contributed by atoms with Gasteiger partial charge in [-0.1, -0.05) is 78.4 Å². The first kappa shape index (κ1) is 26.1. The lowest BCUT2D eigenvalue weighted by molar-refractivity contribution is -0.136. The van der Waals surface area contributed by atoms with Gasteiger partial charge in [-0.25, -0.2) is 18.0 Å². The van der Waals surface area contributed by atoms with E-state index < -0.39 is 27.7 Å². The van der Waals surface area contributed by atoms with Crippen molar-refractivity contribution in [3.63, 3.8) is 0 Å². The molecule has 0 radical (unpaired) electrons. The smallest absolute Gasteiger partial charge is 0.336 e. The number of benzene rings is 4. The van der Waals surface area contributed by atoms with Gasteiger partial charge in [0.05, 0.1) is 4.90 Å². The maximum absolute atomic E-state index is 13.5. The molecule has 0 fully saturated rings. The Balaban J connectivity index is 1.51. The minimum Gasteiger partial charge on any atom is -0.425 e. The van der Waals surface area contributed by atoms with Crippen LogP contribution in [0.5, 0.6) is 5.75 Å². The summed E-state index contributed by atoms with van der Waals surface area (Å²) in [5.74, 6) is -0.683. The van der Waals surface area contributed by atoms with Crippen LogP contribution in [0, 0.1) is 13.8 Å². The van der Waals surface area contributed by atoms with Gasteiger partial charge < -0.3 is 9.15 Å². The fourth-order valence-electron chi connectivity index (χ4n) is 4.32. The molecule has 1 atom stereocenters. The maximum atomic E-state index is 13.5. The summed E-state index contributed by atoms with van der Waals surface area (Å²) in [5, 5.41) is 0.679. The maximum Gasteiger partial charge on any atom is 0.336 e. The molecule has 1 aromatic heterocycles. The Morgan fingerprint density at radius 2 is 1.49 bits per heavy atom. The minimum absolute atomic E-state index is 0.0268. The van der Waals surface area contributed by atoms with Crippen LogP contribution in [0.2, 0.25) is 0 Å². The molecule has 0 aliphatic carbocycles. The summed E-state index contributed by atoms with van der Waals surface area (Å²) < 4.78 is 40.1. The van der Waals surface area contributed by atoms with Gasteiger partial charge in [-0.05, 0) is 54.8 Å². The van der Waals surface area contributed by atoms with Crippen LogP contribution in [0.1, 0.15) is 22.7 Å². The molecule has 0 saturated carbocycles. The molecule has 1 heterocycles. The molecule has 0 unspecified atom stereocenters. The highest BCUT2D eigenvalue weighted by Gasteiger charge is 2.29. The van der Waals surface area contributed by atoms with E-state index in [0.29, 0.717) is 22.1 Å². The predicted octanol–water partition coefficient (Wildman–Crippen LogP) is 5.70. The van der Waals surface area contributed by atoms with Gasteiger partial charge in [0.15, 0.2) is 0 Å². The Labute approximate surface area is 225 Å². The quantitative estimate of drug-likeness (QED) is 0.162. The van der Waals surface area contributed by atoms with Crippen molar-refractivity contribution in [2.75, 3.05) is 0 Å². The molecule has 39 heavy (non-hydrogen) atoms. The first-order valence-corrected chi connectivity index (χ1v) is 13.7. The van der Waals surface area contributed by atoms with E-state index in [2.05, 4.69) is 4.72 Å². The third-order valence-corrected chi connectivity index (χ3v) is 7.82. The molecule has 0 amide bonds. The van der Waals surface area contributed by atoms with Crippen LogP contribution in [0.4, 0.5) is 0 Å². The molecule has 196 valence electrons. The van der Waals surface area contributed by atoms with E-state index in [0.717, 1.165) is 11.1 Å². The number of hydrogen-bond acceptors (Lipinski definition) is 6. The SMILES string of the molecule is Cc1ccc(S(=O)(=O)N[C@H](C(=O)Oc2ccc3c(-c4ccccc4)cc(=O)oc3c2C)c2ccccc2)cc1. The van der Waals surface area contributed by atoms with Gasteiger partial charge in [0, 0.05) is 17.0 Å². The Morgan fingerprint density at radius 1 is 0.846 bits per heavy atom. The predicted molar refractivity (Wildman–Crippen MR) is 149 cm³/mol. The Bertz CT molecular complexity index is 1810. The van der Waals surface area contributed by atoms with Crippen molar-refractivity contribution < 1.29 is 22.4 Å². The molecular formula is C31H25NO6S. The van der Waals surface area contributed by atoms with Crippen molar-refractivity contribution >= 4 is 27.0 Å². The van der Waals surface area contributed by atoms with E-state index in [1.807, 2.05) is 37.3 Å². The first-order valence-electron chi connectivity index (χ1n) is 12.2. The summed E-state index contributed by atoms with van der Waals surface area (Å²) in [6.45, 7) is 3.53. The van der Waals surface area contributed by atoms with E-state index in [1.165, 1.54) is 18.2 Å². The fraction of sp³-hybridized carbons (Fsp3) is 0.0968. The number of sulfonamides is 1. The topological polar surface area (TPSA) is 103 Å². The van der Waals surface area contributed by atoms with Crippen LogP contribution in [-0.2, 0) is 14.8 Å². The first-order chi connectivity index (χ1) is 18.7. The number of aryl methyl sites for hydroxylation is 2. The third kappa shape index (κ3) is 5.52. The Kier molecular flexibility index (Phi) is 7.15. The zero-order chi connectivity index (χ0) is 27.6. The highest BCUT2D eigenvalue weighted by atomic mass is 32.2. The lowest BCUT2D eigenvalue weighted by Crippen LogP contribution is -2.36. The van der Waals surface area contributed by atoms with E-state index in [1.54, 1.807) is 61.5 Å². The molecule has 0 aliphatic rings. The highest BCUT2D eigenvalue weighted by Crippen LogP contribution is 2.33. The van der Waals surface area contributed by atoms with Gasteiger partial charge in [0.1, 0.15) is 17.4 Å². The van der Waals surface area contributed by atoms with E-state index >= 15 is 0 Å². The van der Waals surface area contributed by atoms with Crippen molar-refractivity contribution in [1.29, 1.82) is 0 Å². The van der Waals surface area contributed by atoms with Gasteiger partial charge in [0.2, 0.25) is 10.0 Å². The van der Waals surface area contributed by atoms with Crippen molar-refractivity contribution in [3.05, 3.63) is 130 Å². The van der Waals surface area contributed by atoms with Gasteiger partial charge >= 0.3 is 11.6 Å². The number of ether oxygens (including phenoxy) is 1. The van der Waals surface area contributed by atoms with Gasteiger partial charge in [-0.15, -0.1) is 0 Å². The average Bonchev–Trinajstić information content (AvgIpc) is 2.94. The molecule has 1 N–H and O–H groups in total. The molecule has 0 bridgehead atoms.